The fourth-order valence-electron chi connectivity index (χ4n) is 0.768. The van der Waals surface area contributed by atoms with Gasteiger partial charge in [-0.2, -0.15) is 12.6 Å². The second-order valence-corrected chi connectivity index (χ2v) is 2.67. The molecule has 3 amide bonds. The number of imide groups is 1. The van der Waals surface area contributed by atoms with Crippen LogP contribution < -0.4 is 5.32 Å². The summed E-state index contributed by atoms with van der Waals surface area (Å²) < 4.78 is 0. The van der Waals surface area contributed by atoms with E-state index in [1.54, 1.807) is 6.92 Å². The first-order chi connectivity index (χ1) is 5.63. The minimum atomic E-state index is -0.348. The van der Waals surface area contributed by atoms with Gasteiger partial charge in [-0.1, -0.05) is 0 Å². The third-order valence-electron chi connectivity index (χ3n) is 1.33. The number of nitrogens with one attached hydrogen (secondary N) is 1. The van der Waals surface area contributed by atoms with Gasteiger partial charge in [-0.05, 0) is 6.92 Å². The van der Waals surface area contributed by atoms with Crippen molar-refractivity contribution in [2.45, 2.75) is 13.8 Å². The Morgan fingerprint density at radius 3 is 2.42 bits per heavy atom. The third-order valence-corrected chi connectivity index (χ3v) is 1.55. The van der Waals surface area contributed by atoms with Crippen LogP contribution in [0.5, 0.6) is 0 Å². The van der Waals surface area contributed by atoms with Crippen molar-refractivity contribution in [1.82, 2.24) is 10.2 Å². The molecule has 4 nitrogen and oxygen atoms in total. The molecule has 0 aliphatic carbocycles. The van der Waals surface area contributed by atoms with E-state index < -0.39 is 0 Å². The second kappa shape index (κ2) is 5.88. The molecule has 70 valence electrons. The molecule has 0 spiro atoms. The molecule has 12 heavy (non-hydrogen) atoms. The fourth-order valence-corrected chi connectivity index (χ4v) is 0.879. The van der Waals surface area contributed by atoms with Crippen LogP contribution in [-0.2, 0) is 4.79 Å². The molecule has 0 heterocycles. The second-order valence-electron chi connectivity index (χ2n) is 2.22. The molecule has 0 atom stereocenters. The van der Waals surface area contributed by atoms with Crippen molar-refractivity contribution < 1.29 is 9.59 Å². The molecule has 0 aliphatic rings. The van der Waals surface area contributed by atoms with Crippen LogP contribution in [0.15, 0.2) is 0 Å². The molecule has 0 bridgehead atoms. The van der Waals surface area contributed by atoms with E-state index >= 15 is 0 Å². The highest BCUT2D eigenvalue weighted by Gasteiger charge is 2.13. The lowest BCUT2D eigenvalue weighted by Gasteiger charge is -2.16. The number of nitrogens with zero attached hydrogens (tertiary/aromatic N) is 1. The van der Waals surface area contributed by atoms with Crippen LogP contribution in [0, 0.1) is 0 Å². The molecular weight excluding hydrogens is 176 g/mol. The zero-order valence-corrected chi connectivity index (χ0v) is 8.23. The quantitative estimate of drug-likeness (QED) is 0.636. The third kappa shape index (κ3) is 3.61. The average molecular weight is 190 g/mol. The Balaban J connectivity index is 3.95. The summed E-state index contributed by atoms with van der Waals surface area (Å²) in [6.45, 7) is 3.99. The van der Waals surface area contributed by atoms with E-state index in [2.05, 4.69) is 17.9 Å². The van der Waals surface area contributed by atoms with Gasteiger partial charge in [0.05, 0.1) is 0 Å². The summed E-state index contributed by atoms with van der Waals surface area (Å²) in [6.07, 6.45) is 0. The SMILES string of the molecule is CCN(C(C)=O)C(=O)NCCS. The Labute approximate surface area is 77.7 Å². The zero-order chi connectivity index (χ0) is 9.56. The standard InChI is InChI=1S/C7H14N2O2S/c1-3-9(6(2)10)7(11)8-4-5-12/h12H,3-5H2,1-2H3,(H,8,11). The van der Waals surface area contributed by atoms with Crippen LogP contribution in [0.3, 0.4) is 0 Å². The number of hydrogen-bond acceptors (Lipinski definition) is 3. The summed E-state index contributed by atoms with van der Waals surface area (Å²) in [5.41, 5.74) is 0. The van der Waals surface area contributed by atoms with E-state index in [1.165, 1.54) is 6.92 Å². The average Bonchev–Trinajstić information content (AvgIpc) is 2.01. The highest BCUT2D eigenvalue weighted by atomic mass is 32.1. The Bertz CT molecular complexity index is 173. The predicted octanol–water partition coefficient (Wildman–Crippen LogP) is 0.494. The van der Waals surface area contributed by atoms with Crippen LogP contribution in [0.2, 0.25) is 0 Å². The summed E-state index contributed by atoms with van der Waals surface area (Å²) in [4.78, 5) is 23.1. The van der Waals surface area contributed by atoms with Gasteiger partial charge in [0.1, 0.15) is 0 Å². The number of rotatable bonds is 3. The van der Waals surface area contributed by atoms with Gasteiger partial charge in [-0.25, -0.2) is 4.79 Å². The zero-order valence-electron chi connectivity index (χ0n) is 7.33. The van der Waals surface area contributed by atoms with E-state index in [4.69, 9.17) is 0 Å². The first kappa shape index (κ1) is 11.3. The number of urea groups is 1. The van der Waals surface area contributed by atoms with Crippen molar-refractivity contribution in [3.63, 3.8) is 0 Å². The first-order valence-electron chi connectivity index (χ1n) is 3.80. The molecule has 0 aromatic carbocycles. The molecule has 0 rings (SSSR count). The van der Waals surface area contributed by atoms with Crippen molar-refractivity contribution in [3.8, 4) is 0 Å². The molecule has 0 aliphatic heterocycles. The normalized spacial score (nSPS) is 9.25. The maximum atomic E-state index is 11.1. The molecule has 0 radical (unpaired) electrons. The highest BCUT2D eigenvalue weighted by Crippen LogP contribution is 1.89. The van der Waals surface area contributed by atoms with Crippen LogP contribution in [0.1, 0.15) is 13.8 Å². The lowest BCUT2D eigenvalue weighted by molar-refractivity contribution is -0.125. The van der Waals surface area contributed by atoms with Gasteiger partial charge in [0.2, 0.25) is 5.91 Å². The molecule has 0 unspecified atom stereocenters. The van der Waals surface area contributed by atoms with Gasteiger partial charge in [0.25, 0.3) is 0 Å². The molecule has 5 heteroatoms. The molecule has 0 aromatic rings. The molecule has 0 saturated heterocycles. The van der Waals surface area contributed by atoms with Crippen molar-refractivity contribution in [2.75, 3.05) is 18.8 Å². The van der Waals surface area contributed by atoms with Gasteiger partial charge in [0.15, 0.2) is 0 Å². The van der Waals surface area contributed by atoms with Gasteiger partial charge < -0.3 is 5.32 Å². The Kier molecular flexibility index (Phi) is 5.53. The number of hydrogen-bond donors (Lipinski definition) is 2. The van der Waals surface area contributed by atoms with Crippen LogP contribution in [0.4, 0.5) is 4.79 Å². The van der Waals surface area contributed by atoms with Gasteiger partial charge in [-0.15, -0.1) is 0 Å². The van der Waals surface area contributed by atoms with Gasteiger partial charge >= 0.3 is 6.03 Å². The van der Waals surface area contributed by atoms with Crippen molar-refractivity contribution in [2.24, 2.45) is 0 Å². The van der Waals surface area contributed by atoms with Gasteiger partial charge in [0, 0.05) is 25.8 Å². The Morgan fingerprint density at radius 2 is 2.08 bits per heavy atom. The Hall–Kier alpha value is -0.710. The van der Waals surface area contributed by atoms with Crippen molar-refractivity contribution in [1.29, 1.82) is 0 Å². The summed E-state index contributed by atoms with van der Waals surface area (Å²) in [7, 11) is 0. The first-order valence-corrected chi connectivity index (χ1v) is 4.43. The van der Waals surface area contributed by atoms with E-state index in [9.17, 15) is 9.59 Å². The molecule has 0 fully saturated rings. The van der Waals surface area contributed by atoms with Crippen LogP contribution in [0.25, 0.3) is 0 Å². The fraction of sp³-hybridized carbons (Fsp3) is 0.714. The largest absolute Gasteiger partial charge is 0.337 e. The molecule has 0 aromatic heterocycles. The molecule has 1 N–H and O–H groups in total. The number of thiol groups is 1. The van der Waals surface area contributed by atoms with E-state index in [1.807, 2.05) is 0 Å². The smallest absolute Gasteiger partial charge is 0.324 e. The lowest BCUT2D eigenvalue weighted by atomic mass is 10.5. The lowest BCUT2D eigenvalue weighted by Crippen LogP contribution is -2.43. The maximum absolute atomic E-state index is 11.1. The molecular formula is C7H14N2O2S. The van der Waals surface area contributed by atoms with Crippen molar-refractivity contribution in [3.05, 3.63) is 0 Å². The van der Waals surface area contributed by atoms with E-state index in [-0.39, 0.29) is 11.9 Å². The summed E-state index contributed by atoms with van der Waals surface area (Å²) in [5.74, 6) is 0.329. The van der Waals surface area contributed by atoms with Crippen LogP contribution >= 0.6 is 12.6 Å². The minimum Gasteiger partial charge on any atom is -0.337 e. The monoisotopic (exact) mass is 190 g/mol. The number of amides is 3. The summed E-state index contributed by atoms with van der Waals surface area (Å²) in [5, 5.41) is 2.55. The predicted molar refractivity (Wildman–Crippen MR) is 50.3 cm³/mol. The van der Waals surface area contributed by atoms with Crippen LogP contribution in [-0.4, -0.2) is 35.7 Å². The van der Waals surface area contributed by atoms with E-state index in [0.717, 1.165) is 4.90 Å². The number of carbonyl (C=O) groups is 2. The highest BCUT2D eigenvalue weighted by molar-refractivity contribution is 7.80. The summed E-state index contributed by atoms with van der Waals surface area (Å²) in [6, 6.07) is -0.348. The number of carbonyl (C=O) groups excluding carboxylic acids is 2. The summed E-state index contributed by atoms with van der Waals surface area (Å²) >= 11 is 3.93. The van der Waals surface area contributed by atoms with Gasteiger partial charge in [-0.3, -0.25) is 9.69 Å². The minimum absolute atomic E-state index is 0.242. The maximum Gasteiger partial charge on any atom is 0.324 e. The van der Waals surface area contributed by atoms with Crippen molar-refractivity contribution >= 4 is 24.6 Å². The molecule has 0 saturated carbocycles. The van der Waals surface area contributed by atoms with E-state index in [0.29, 0.717) is 18.8 Å². The topological polar surface area (TPSA) is 49.4 Å². The Morgan fingerprint density at radius 1 is 1.50 bits per heavy atom.